The van der Waals surface area contributed by atoms with E-state index in [2.05, 4.69) is 182 Å². The Hall–Kier alpha value is -5.74. The van der Waals surface area contributed by atoms with Crippen molar-refractivity contribution in [1.29, 1.82) is 0 Å². The molecule has 6 aromatic carbocycles. The fourth-order valence-corrected chi connectivity index (χ4v) is 6.81. The number of hydrogen-bond acceptors (Lipinski definition) is 4. The Balaban J connectivity index is 1.03. The number of anilines is 2. The van der Waals surface area contributed by atoms with Crippen LogP contribution in [0.25, 0.3) is 11.1 Å². The minimum absolute atomic E-state index is 0.164. The fourth-order valence-electron chi connectivity index (χ4n) is 6.81. The Morgan fingerprint density at radius 1 is 0.396 bits per heavy atom. The van der Waals surface area contributed by atoms with Crippen molar-refractivity contribution in [2.45, 2.75) is 38.8 Å². The van der Waals surface area contributed by atoms with Gasteiger partial charge in [-0.1, -0.05) is 145 Å². The van der Waals surface area contributed by atoms with Gasteiger partial charge in [-0.2, -0.15) is 10.2 Å². The van der Waals surface area contributed by atoms with Crippen molar-refractivity contribution < 1.29 is 0 Å². The van der Waals surface area contributed by atoms with Crippen LogP contribution in [0.1, 0.15) is 58.3 Å². The lowest BCUT2D eigenvalue weighted by Crippen LogP contribution is -2.18. The molecule has 2 heterocycles. The Kier molecular flexibility index (Phi) is 7.91. The van der Waals surface area contributed by atoms with Crippen LogP contribution < -0.4 is 10.0 Å². The van der Waals surface area contributed by atoms with E-state index in [-0.39, 0.29) is 12.1 Å². The lowest BCUT2D eigenvalue weighted by atomic mass is 9.95. The molecule has 4 heteroatoms. The third kappa shape index (κ3) is 5.93. The van der Waals surface area contributed by atoms with Gasteiger partial charge in [-0.15, -0.1) is 0 Å². The van der Waals surface area contributed by atoms with E-state index in [4.69, 9.17) is 10.2 Å². The SMILES string of the molecule is Cc1ccc(C2CC(c3ccc(-c4ccc(C5=NN(c6ccccc6)C(c6ccc(C)cc6)C5)cc4)cc3)=NN2c2ccccc2)cc1. The summed E-state index contributed by atoms with van der Waals surface area (Å²) in [5.74, 6) is 0. The number of rotatable bonds is 7. The molecule has 0 aromatic heterocycles. The van der Waals surface area contributed by atoms with Crippen LogP contribution in [-0.2, 0) is 0 Å². The maximum atomic E-state index is 5.16. The van der Waals surface area contributed by atoms with Gasteiger partial charge in [0.2, 0.25) is 0 Å². The van der Waals surface area contributed by atoms with Crippen molar-refractivity contribution in [2.75, 3.05) is 10.0 Å². The van der Waals surface area contributed by atoms with Gasteiger partial charge in [0.15, 0.2) is 0 Å². The third-order valence-electron chi connectivity index (χ3n) is 9.56. The second kappa shape index (κ2) is 12.8. The Morgan fingerprint density at radius 3 is 1.08 bits per heavy atom. The first kappa shape index (κ1) is 29.6. The zero-order valence-corrected chi connectivity index (χ0v) is 27.4. The Labute approximate surface area is 283 Å². The van der Waals surface area contributed by atoms with Crippen LogP contribution in [0.4, 0.5) is 11.4 Å². The third-order valence-corrected chi connectivity index (χ3v) is 9.56. The molecule has 0 bridgehead atoms. The molecule has 6 aromatic rings. The summed E-state index contributed by atoms with van der Waals surface area (Å²) in [6.07, 6.45) is 1.72. The van der Waals surface area contributed by atoms with Gasteiger partial charge in [0.05, 0.1) is 34.9 Å². The summed E-state index contributed by atoms with van der Waals surface area (Å²) in [7, 11) is 0. The molecule has 8 rings (SSSR count). The van der Waals surface area contributed by atoms with Crippen LogP contribution in [0.2, 0.25) is 0 Å². The molecule has 2 aliphatic rings. The quantitative estimate of drug-likeness (QED) is 0.177. The number of nitrogens with zero attached hydrogens (tertiary/aromatic N) is 4. The molecule has 48 heavy (non-hydrogen) atoms. The van der Waals surface area contributed by atoms with Gasteiger partial charge >= 0.3 is 0 Å². The summed E-state index contributed by atoms with van der Waals surface area (Å²) in [6.45, 7) is 4.27. The lowest BCUT2D eigenvalue weighted by Gasteiger charge is -2.24. The van der Waals surface area contributed by atoms with Gasteiger partial charge in [0.25, 0.3) is 0 Å². The summed E-state index contributed by atoms with van der Waals surface area (Å²) in [6, 6.07) is 56.8. The number of hydrogen-bond donors (Lipinski definition) is 0. The van der Waals surface area contributed by atoms with Crippen LogP contribution in [0.5, 0.6) is 0 Å². The van der Waals surface area contributed by atoms with E-state index < -0.39 is 0 Å². The van der Waals surface area contributed by atoms with Gasteiger partial charge in [-0.25, -0.2) is 0 Å². The maximum absolute atomic E-state index is 5.16. The molecule has 0 amide bonds. The molecular weight excluding hydrogens is 585 g/mol. The van der Waals surface area contributed by atoms with E-state index in [1.54, 1.807) is 0 Å². The molecule has 2 unspecified atom stereocenters. The molecule has 0 saturated carbocycles. The second-order valence-electron chi connectivity index (χ2n) is 12.9. The predicted octanol–water partition coefficient (Wildman–Crippen LogP) is 10.7. The summed E-state index contributed by atoms with van der Waals surface area (Å²) < 4.78 is 0. The normalized spacial score (nSPS) is 17.4. The Morgan fingerprint density at radius 2 is 0.729 bits per heavy atom. The first-order chi connectivity index (χ1) is 23.6. The van der Waals surface area contributed by atoms with Crippen LogP contribution in [0.15, 0.2) is 168 Å². The molecule has 0 spiro atoms. The molecule has 0 N–H and O–H groups in total. The van der Waals surface area contributed by atoms with Crippen molar-refractivity contribution in [3.8, 4) is 11.1 Å². The zero-order chi connectivity index (χ0) is 32.5. The van der Waals surface area contributed by atoms with Crippen LogP contribution >= 0.6 is 0 Å². The average Bonchev–Trinajstić information content (AvgIpc) is 3.80. The van der Waals surface area contributed by atoms with E-state index in [0.717, 1.165) is 46.8 Å². The van der Waals surface area contributed by atoms with Crippen molar-refractivity contribution in [3.05, 3.63) is 191 Å². The van der Waals surface area contributed by atoms with Gasteiger partial charge in [0.1, 0.15) is 0 Å². The molecular formula is C44H38N4. The van der Waals surface area contributed by atoms with Crippen molar-refractivity contribution in [2.24, 2.45) is 10.2 Å². The van der Waals surface area contributed by atoms with Crippen molar-refractivity contribution >= 4 is 22.8 Å². The van der Waals surface area contributed by atoms with E-state index in [1.807, 2.05) is 0 Å². The van der Waals surface area contributed by atoms with Crippen molar-refractivity contribution in [3.63, 3.8) is 0 Å². The molecule has 2 atom stereocenters. The highest BCUT2D eigenvalue weighted by molar-refractivity contribution is 6.04. The van der Waals surface area contributed by atoms with Crippen LogP contribution in [0, 0.1) is 13.8 Å². The molecule has 0 fully saturated rings. The highest BCUT2D eigenvalue weighted by atomic mass is 15.5. The van der Waals surface area contributed by atoms with E-state index >= 15 is 0 Å². The molecule has 0 saturated heterocycles. The minimum atomic E-state index is 0.164. The lowest BCUT2D eigenvalue weighted by molar-refractivity contribution is 0.709. The first-order valence-electron chi connectivity index (χ1n) is 16.8. The molecule has 2 aliphatic heterocycles. The highest BCUT2D eigenvalue weighted by Crippen LogP contribution is 2.38. The number of hydrazone groups is 2. The van der Waals surface area contributed by atoms with E-state index in [0.29, 0.717) is 0 Å². The fraction of sp³-hybridized carbons (Fsp3) is 0.136. The van der Waals surface area contributed by atoms with Gasteiger partial charge in [0, 0.05) is 12.8 Å². The molecule has 0 aliphatic carbocycles. The smallest absolute Gasteiger partial charge is 0.0831 e. The van der Waals surface area contributed by atoms with E-state index in [9.17, 15) is 0 Å². The summed E-state index contributed by atoms with van der Waals surface area (Å²) in [5, 5.41) is 14.7. The molecule has 234 valence electrons. The minimum Gasteiger partial charge on any atom is -0.257 e. The van der Waals surface area contributed by atoms with Crippen LogP contribution in [0.3, 0.4) is 0 Å². The number of aryl methyl sites for hydroxylation is 2. The standard InChI is InChI=1S/C44H38N4/c1-31-13-17-37(18-14-31)43-29-41(45-47(43)39-9-5-3-6-10-39)35-25-21-33(22-26-35)34-23-27-36(28-24-34)42-30-44(38-19-15-32(2)16-20-38)48(46-42)40-11-7-4-8-12-40/h3-28,43-44H,29-30H2,1-2H3. The second-order valence-corrected chi connectivity index (χ2v) is 12.9. The van der Waals surface area contributed by atoms with Crippen molar-refractivity contribution in [1.82, 2.24) is 0 Å². The van der Waals surface area contributed by atoms with Gasteiger partial charge in [-0.3, -0.25) is 10.0 Å². The topological polar surface area (TPSA) is 31.2 Å². The van der Waals surface area contributed by atoms with Crippen LogP contribution in [-0.4, -0.2) is 11.4 Å². The summed E-state index contributed by atoms with van der Waals surface area (Å²) in [4.78, 5) is 0. The highest BCUT2D eigenvalue weighted by Gasteiger charge is 2.31. The monoisotopic (exact) mass is 622 g/mol. The van der Waals surface area contributed by atoms with Gasteiger partial charge < -0.3 is 0 Å². The van der Waals surface area contributed by atoms with Gasteiger partial charge in [-0.05, 0) is 71.5 Å². The summed E-state index contributed by atoms with van der Waals surface area (Å²) >= 11 is 0. The van der Waals surface area contributed by atoms with E-state index in [1.165, 1.54) is 33.4 Å². The largest absolute Gasteiger partial charge is 0.257 e. The molecule has 0 radical (unpaired) electrons. The maximum Gasteiger partial charge on any atom is 0.0831 e. The predicted molar refractivity (Wildman–Crippen MR) is 200 cm³/mol. The number of benzene rings is 6. The number of para-hydroxylation sites is 2. The first-order valence-corrected chi connectivity index (χ1v) is 16.8. The molecule has 4 nitrogen and oxygen atoms in total. The zero-order valence-electron chi connectivity index (χ0n) is 27.4. The average molecular weight is 623 g/mol. The summed E-state index contributed by atoms with van der Waals surface area (Å²) in [5.41, 5.74) is 14.2. The Bertz CT molecular complexity index is 1910.